The molecule has 0 spiro atoms. The zero-order chi connectivity index (χ0) is 13.9. The summed E-state index contributed by atoms with van der Waals surface area (Å²) in [5.41, 5.74) is 0.611. The molecule has 5 nitrogen and oxygen atoms in total. The number of nitrogens with zero attached hydrogens (tertiary/aromatic N) is 2. The number of methoxy groups -OCH3 is 1. The van der Waals surface area contributed by atoms with E-state index < -0.39 is 5.97 Å². The molecule has 1 saturated carbocycles. The van der Waals surface area contributed by atoms with Crippen LogP contribution in [0.4, 0.5) is 0 Å². The van der Waals surface area contributed by atoms with Crippen molar-refractivity contribution in [3.05, 3.63) is 18.1 Å². The maximum absolute atomic E-state index is 11.2. The van der Waals surface area contributed by atoms with Crippen LogP contribution in [-0.2, 0) is 4.74 Å². The zero-order valence-electron chi connectivity index (χ0n) is 11.7. The Kier molecular flexibility index (Phi) is 4.02. The fourth-order valence-corrected chi connectivity index (χ4v) is 2.25. The number of hydrogen-bond acceptors (Lipinski definition) is 5. The van der Waals surface area contributed by atoms with Crippen molar-refractivity contribution in [2.45, 2.75) is 45.6 Å². The molecule has 0 amide bonds. The molecule has 1 aromatic heterocycles. The van der Waals surface area contributed by atoms with Crippen LogP contribution in [0.5, 0.6) is 5.88 Å². The van der Waals surface area contributed by atoms with Crippen molar-refractivity contribution in [3.63, 3.8) is 0 Å². The number of carbonyl (C=O) groups is 1. The highest BCUT2D eigenvalue weighted by molar-refractivity contribution is 5.86. The molecule has 0 radical (unpaired) electrons. The van der Waals surface area contributed by atoms with Crippen LogP contribution in [0, 0.1) is 5.41 Å². The Morgan fingerprint density at radius 1 is 1.26 bits per heavy atom. The second kappa shape index (κ2) is 5.55. The highest BCUT2D eigenvalue weighted by Crippen LogP contribution is 2.36. The molecule has 1 heterocycles. The quantitative estimate of drug-likeness (QED) is 0.785. The van der Waals surface area contributed by atoms with Gasteiger partial charge in [-0.15, -0.1) is 0 Å². The van der Waals surface area contributed by atoms with E-state index in [1.807, 2.05) is 0 Å². The fourth-order valence-electron chi connectivity index (χ4n) is 2.25. The molecule has 0 unspecified atom stereocenters. The van der Waals surface area contributed by atoms with E-state index in [4.69, 9.17) is 4.74 Å². The molecule has 104 valence electrons. The second-order valence-corrected chi connectivity index (χ2v) is 5.71. The van der Waals surface area contributed by atoms with E-state index in [1.165, 1.54) is 19.5 Å². The van der Waals surface area contributed by atoms with Gasteiger partial charge in [0, 0.05) is 0 Å². The SMILES string of the molecule is COC(=O)c1cnc(OC2CCC(C)(C)CC2)cn1. The van der Waals surface area contributed by atoms with E-state index in [9.17, 15) is 4.79 Å². The minimum absolute atomic E-state index is 0.194. The van der Waals surface area contributed by atoms with Crippen molar-refractivity contribution >= 4 is 5.97 Å². The summed E-state index contributed by atoms with van der Waals surface area (Å²) < 4.78 is 10.4. The third-order valence-electron chi connectivity index (χ3n) is 3.60. The highest BCUT2D eigenvalue weighted by atomic mass is 16.5. The van der Waals surface area contributed by atoms with Gasteiger partial charge in [0.15, 0.2) is 5.69 Å². The number of ether oxygens (including phenoxy) is 2. The van der Waals surface area contributed by atoms with Gasteiger partial charge >= 0.3 is 5.97 Å². The van der Waals surface area contributed by atoms with E-state index in [2.05, 4.69) is 28.6 Å². The van der Waals surface area contributed by atoms with Crippen molar-refractivity contribution in [1.29, 1.82) is 0 Å². The van der Waals surface area contributed by atoms with E-state index in [0.29, 0.717) is 11.3 Å². The smallest absolute Gasteiger partial charge is 0.358 e. The molecule has 1 aliphatic carbocycles. The van der Waals surface area contributed by atoms with E-state index in [-0.39, 0.29) is 11.8 Å². The first kappa shape index (κ1) is 13.8. The number of aromatic nitrogens is 2. The lowest BCUT2D eigenvalue weighted by molar-refractivity contribution is 0.0592. The van der Waals surface area contributed by atoms with Gasteiger partial charge in [-0.2, -0.15) is 0 Å². The molecule has 0 atom stereocenters. The maximum atomic E-state index is 11.2. The first-order valence-electron chi connectivity index (χ1n) is 6.57. The van der Waals surface area contributed by atoms with Gasteiger partial charge in [-0.1, -0.05) is 13.8 Å². The topological polar surface area (TPSA) is 61.3 Å². The van der Waals surface area contributed by atoms with Gasteiger partial charge in [0.1, 0.15) is 6.10 Å². The van der Waals surface area contributed by atoms with Gasteiger partial charge in [-0.3, -0.25) is 0 Å². The van der Waals surface area contributed by atoms with Crippen molar-refractivity contribution < 1.29 is 14.3 Å². The zero-order valence-corrected chi connectivity index (χ0v) is 11.7. The van der Waals surface area contributed by atoms with Gasteiger partial charge < -0.3 is 9.47 Å². The lowest BCUT2D eigenvalue weighted by Gasteiger charge is -2.33. The summed E-state index contributed by atoms with van der Waals surface area (Å²) in [7, 11) is 1.32. The molecular formula is C14H20N2O3. The molecule has 1 aromatic rings. The van der Waals surface area contributed by atoms with Crippen LogP contribution in [0.15, 0.2) is 12.4 Å². The molecule has 19 heavy (non-hydrogen) atoms. The molecule has 5 heteroatoms. The predicted octanol–water partition coefficient (Wildman–Crippen LogP) is 2.61. The fraction of sp³-hybridized carbons (Fsp3) is 0.643. The molecule has 1 aliphatic rings. The summed E-state index contributed by atoms with van der Waals surface area (Å²) in [5.74, 6) is -0.0178. The Hall–Kier alpha value is -1.65. The molecule has 0 bridgehead atoms. The largest absolute Gasteiger partial charge is 0.473 e. The van der Waals surface area contributed by atoms with Crippen LogP contribution < -0.4 is 4.74 Å². The normalized spacial score (nSPS) is 18.9. The Morgan fingerprint density at radius 2 is 1.95 bits per heavy atom. The second-order valence-electron chi connectivity index (χ2n) is 5.71. The van der Waals surface area contributed by atoms with E-state index in [0.717, 1.165) is 25.7 Å². The van der Waals surface area contributed by atoms with Gasteiger partial charge in [-0.25, -0.2) is 14.8 Å². The first-order valence-corrected chi connectivity index (χ1v) is 6.57. The monoisotopic (exact) mass is 264 g/mol. The highest BCUT2D eigenvalue weighted by Gasteiger charge is 2.28. The lowest BCUT2D eigenvalue weighted by atomic mass is 9.76. The molecule has 0 saturated heterocycles. The van der Waals surface area contributed by atoms with Crippen LogP contribution in [0.2, 0.25) is 0 Å². The van der Waals surface area contributed by atoms with Crippen molar-refractivity contribution in [1.82, 2.24) is 9.97 Å². The van der Waals surface area contributed by atoms with Crippen LogP contribution in [0.1, 0.15) is 50.0 Å². The van der Waals surface area contributed by atoms with Gasteiger partial charge in [0.25, 0.3) is 0 Å². The first-order chi connectivity index (χ1) is 9.00. The van der Waals surface area contributed by atoms with Crippen molar-refractivity contribution in [3.8, 4) is 5.88 Å². The van der Waals surface area contributed by atoms with Crippen LogP contribution in [0.25, 0.3) is 0 Å². The Morgan fingerprint density at radius 3 is 2.47 bits per heavy atom. The molecule has 0 N–H and O–H groups in total. The number of hydrogen-bond donors (Lipinski definition) is 0. The number of carbonyl (C=O) groups excluding carboxylic acids is 1. The summed E-state index contributed by atoms with van der Waals surface area (Å²) in [6, 6.07) is 0. The third kappa shape index (κ3) is 3.66. The average Bonchev–Trinajstić information content (AvgIpc) is 2.41. The lowest BCUT2D eigenvalue weighted by Crippen LogP contribution is -2.28. The van der Waals surface area contributed by atoms with Crippen LogP contribution in [-0.4, -0.2) is 29.2 Å². The van der Waals surface area contributed by atoms with Gasteiger partial charge in [0.05, 0.1) is 19.5 Å². The Labute approximate surface area is 113 Å². The molecule has 0 aromatic carbocycles. The molecule has 2 rings (SSSR count). The number of rotatable bonds is 3. The summed E-state index contributed by atoms with van der Waals surface area (Å²) in [5, 5.41) is 0. The third-order valence-corrected chi connectivity index (χ3v) is 3.60. The van der Waals surface area contributed by atoms with Gasteiger partial charge in [0.2, 0.25) is 5.88 Å². The standard InChI is InChI=1S/C14H20N2O3/c1-14(2)6-4-10(5-7-14)19-12-9-15-11(8-16-12)13(17)18-3/h8-10H,4-7H2,1-3H3. The minimum atomic E-state index is -0.488. The van der Waals surface area contributed by atoms with E-state index in [1.54, 1.807) is 0 Å². The summed E-state index contributed by atoms with van der Waals surface area (Å²) in [6.07, 6.45) is 7.45. The van der Waals surface area contributed by atoms with E-state index >= 15 is 0 Å². The number of esters is 1. The molecule has 1 fully saturated rings. The van der Waals surface area contributed by atoms with Crippen LogP contribution >= 0.6 is 0 Å². The Balaban J connectivity index is 1.92. The predicted molar refractivity (Wildman–Crippen MR) is 70.0 cm³/mol. The molecule has 0 aliphatic heterocycles. The summed E-state index contributed by atoms with van der Waals surface area (Å²) >= 11 is 0. The summed E-state index contributed by atoms with van der Waals surface area (Å²) in [6.45, 7) is 4.57. The Bertz CT molecular complexity index is 433. The maximum Gasteiger partial charge on any atom is 0.358 e. The van der Waals surface area contributed by atoms with Crippen LogP contribution in [0.3, 0.4) is 0 Å². The average molecular weight is 264 g/mol. The summed E-state index contributed by atoms with van der Waals surface area (Å²) in [4.78, 5) is 19.3. The molecular weight excluding hydrogens is 244 g/mol. The van der Waals surface area contributed by atoms with Gasteiger partial charge in [-0.05, 0) is 31.1 Å². The van der Waals surface area contributed by atoms with Crippen molar-refractivity contribution in [2.24, 2.45) is 5.41 Å². The van der Waals surface area contributed by atoms with Crippen molar-refractivity contribution in [2.75, 3.05) is 7.11 Å². The minimum Gasteiger partial charge on any atom is -0.473 e.